The molecule has 1 saturated heterocycles. The van der Waals surface area contributed by atoms with Gasteiger partial charge in [-0.2, -0.15) is 0 Å². The van der Waals surface area contributed by atoms with Gasteiger partial charge in [0.25, 0.3) is 0 Å². The Morgan fingerprint density at radius 3 is 2.53 bits per heavy atom. The molecule has 0 aliphatic carbocycles. The number of fused-ring (bicyclic) bond motifs is 1. The molecule has 0 radical (unpaired) electrons. The van der Waals surface area contributed by atoms with Crippen LogP contribution in [0.4, 0.5) is 0 Å². The Hall–Kier alpha value is -2.60. The van der Waals surface area contributed by atoms with Gasteiger partial charge in [0.2, 0.25) is 6.29 Å². The van der Waals surface area contributed by atoms with E-state index in [9.17, 15) is 25.5 Å². The third-order valence-electron chi connectivity index (χ3n) is 6.20. The second kappa shape index (κ2) is 10.3. The van der Waals surface area contributed by atoms with Crippen LogP contribution >= 0.6 is 0 Å². The molecule has 1 fully saturated rings. The SMILES string of the molecule is COc1cc([C@@H]2Oc3c(O)cc(CCCO)cc3[C@H]2CO)ccc1O[C@@H]1OC[C@@H](O)[C@H](O)[C@H]1O. The van der Waals surface area contributed by atoms with Gasteiger partial charge in [0.15, 0.2) is 23.0 Å². The van der Waals surface area contributed by atoms with Crippen LogP contribution in [0.5, 0.6) is 23.0 Å². The molecule has 34 heavy (non-hydrogen) atoms. The summed E-state index contributed by atoms with van der Waals surface area (Å²) in [5, 5.41) is 59.4. The Labute approximate surface area is 196 Å². The van der Waals surface area contributed by atoms with Gasteiger partial charge < -0.3 is 49.6 Å². The van der Waals surface area contributed by atoms with E-state index in [1.807, 2.05) is 6.07 Å². The maximum atomic E-state index is 10.5. The highest BCUT2D eigenvalue weighted by molar-refractivity contribution is 5.55. The summed E-state index contributed by atoms with van der Waals surface area (Å²) >= 11 is 0. The molecule has 0 bridgehead atoms. The molecule has 4 rings (SSSR count). The first-order chi connectivity index (χ1) is 16.4. The van der Waals surface area contributed by atoms with E-state index >= 15 is 0 Å². The Morgan fingerprint density at radius 1 is 1.03 bits per heavy atom. The zero-order valence-corrected chi connectivity index (χ0v) is 18.7. The zero-order valence-electron chi connectivity index (χ0n) is 18.7. The second-order valence-corrected chi connectivity index (χ2v) is 8.47. The molecule has 2 heterocycles. The molecular weight excluding hydrogens is 448 g/mol. The Balaban J connectivity index is 1.57. The molecule has 186 valence electrons. The van der Waals surface area contributed by atoms with E-state index in [2.05, 4.69) is 0 Å². The van der Waals surface area contributed by atoms with Gasteiger partial charge in [-0.3, -0.25) is 0 Å². The molecule has 0 spiro atoms. The summed E-state index contributed by atoms with van der Waals surface area (Å²) in [6.07, 6.45) is -4.74. The summed E-state index contributed by atoms with van der Waals surface area (Å²) in [6, 6.07) is 8.44. The van der Waals surface area contributed by atoms with E-state index in [0.717, 1.165) is 5.56 Å². The predicted molar refractivity (Wildman–Crippen MR) is 118 cm³/mol. The molecule has 2 aromatic carbocycles. The lowest BCUT2D eigenvalue weighted by Gasteiger charge is -2.35. The minimum absolute atomic E-state index is 0.0255. The van der Waals surface area contributed by atoms with E-state index in [0.29, 0.717) is 35.5 Å². The molecule has 0 saturated carbocycles. The quantitative estimate of drug-likeness (QED) is 0.313. The molecule has 6 N–H and O–H groups in total. The fourth-order valence-corrected chi connectivity index (χ4v) is 4.36. The van der Waals surface area contributed by atoms with Crippen molar-refractivity contribution in [1.82, 2.24) is 0 Å². The molecule has 10 nitrogen and oxygen atoms in total. The number of aliphatic hydroxyl groups excluding tert-OH is 5. The molecule has 2 aromatic rings. The molecule has 0 unspecified atom stereocenters. The van der Waals surface area contributed by atoms with E-state index in [4.69, 9.17) is 24.1 Å². The number of hydrogen-bond donors (Lipinski definition) is 6. The van der Waals surface area contributed by atoms with E-state index in [1.165, 1.54) is 7.11 Å². The van der Waals surface area contributed by atoms with Crippen molar-refractivity contribution in [2.45, 2.75) is 49.5 Å². The van der Waals surface area contributed by atoms with Crippen LogP contribution < -0.4 is 14.2 Å². The maximum absolute atomic E-state index is 10.5. The molecule has 6 atom stereocenters. The van der Waals surface area contributed by atoms with Gasteiger partial charge in [0.1, 0.15) is 24.4 Å². The van der Waals surface area contributed by atoms with Gasteiger partial charge in [-0.15, -0.1) is 0 Å². The minimum atomic E-state index is -1.46. The Kier molecular flexibility index (Phi) is 7.46. The van der Waals surface area contributed by atoms with Crippen LogP contribution in [-0.4, -0.2) is 82.2 Å². The summed E-state index contributed by atoms with van der Waals surface area (Å²) in [5.74, 6) is 0.388. The zero-order chi connectivity index (χ0) is 24.4. The van der Waals surface area contributed by atoms with E-state index < -0.39 is 36.6 Å². The topological polar surface area (TPSA) is 158 Å². The Bertz CT molecular complexity index is 996. The molecular formula is C24H30O10. The minimum Gasteiger partial charge on any atom is -0.504 e. The standard InChI is InChI=1S/C24H30O10/c1-31-19-9-13(4-5-18(19)33-24-21(30)20(29)17(28)11-32-24)22-15(10-26)14-7-12(3-2-6-25)8-16(27)23(14)34-22/h4-5,7-9,15,17,20-22,24-30H,2-3,6,10-11H2,1H3/t15-,17-,20+,21-,22+,24+/m1/s1. The number of ether oxygens (including phenoxy) is 4. The van der Waals surface area contributed by atoms with E-state index in [-0.39, 0.29) is 31.3 Å². The maximum Gasteiger partial charge on any atom is 0.229 e. The lowest BCUT2D eigenvalue weighted by Crippen LogP contribution is -2.54. The van der Waals surface area contributed by atoms with Gasteiger partial charge in [-0.25, -0.2) is 0 Å². The number of phenolic OH excluding ortho intramolecular Hbond substituents is 1. The Morgan fingerprint density at radius 2 is 1.82 bits per heavy atom. The van der Waals surface area contributed by atoms with Gasteiger partial charge >= 0.3 is 0 Å². The van der Waals surface area contributed by atoms with Gasteiger partial charge in [-0.05, 0) is 42.2 Å². The van der Waals surface area contributed by atoms with Crippen molar-refractivity contribution in [1.29, 1.82) is 0 Å². The number of phenols is 1. The number of aliphatic hydroxyl groups is 5. The highest BCUT2D eigenvalue weighted by atomic mass is 16.7. The van der Waals surface area contributed by atoms with Crippen LogP contribution in [0, 0.1) is 0 Å². The summed E-state index contributed by atoms with van der Waals surface area (Å²) in [5.41, 5.74) is 2.19. The molecule has 0 aromatic heterocycles. The highest BCUT2D eigenvalue weighted by Gasteiger charge is 2.40. The average molecular weight is 478 g/mol. The van der Waals surface area contributed by atoms with Gasteiger partial charge in [-0.1, -0.05) is 12.1 Å². The van der Waals surface area contributed by atoms with Crippen molar-refractivity contribution in [2.75, 3.05) is 26.9 Å². The van der Waals surface area contributed by atoms with Crippen molar-refractivity contribution in [3.63, 3.8) is 0 Å². The van der Waals surface area contributed by atoms with Crippen LogP contribution in [0.3, 0.4) is 0 Å². The number of hydrogen-bond acceptors (Lipinski definition) is 10. The normalized spacial score (nSPS) is 28.3. The van der Waals surface area contributed by atoms with Crippen molar-refractivity contribution >= 4 is 0 Å². The van der Waals surface area contributed by atoms with Gasteiger partial charge in [0.05, 0.1) is 26.2 Å². The second-order valence-electron chi connectivity index (χ2n) is 8.47. The third-order valence-corrected chi connectivity index (χ3v) is 6.20. The fraction of sp³-hybridized carbons (Fsp3) is 0.500. The smallest absolute Gasteiger partial charge is 0.229 e. The third kappa shape index (κ3) is 4.65. The highest BCUT2D eigenvalue weighted by Crippen LogP contribution is 2.51. The van der Waals surface area contributed by atoms with Crippen molar-refractivity contribution < 1.29 is 49.6 Å². The van der Waals surface area contributed by atoms with E-state index in [1.54, 1.807) is 24.3 Å². The van der Waals surface area contributed by atoms with Gasteiger partial charge in [0, 0.05) is 12.2 Å². The van der Waals surface area contributed by atoms with Crippen molar-refractivity contribution in [3.05, 3.63) is 47.0 Å². The monoisotopic (exact) mass is 478 g/mol. The van der Waals surface area contributed by atoms with Crippen LogP contribution in [0.2, 0.25) is 0 Å². The first-order valence-corrected chi connectivity index (χ1v) is 11.1. The molecule has 0 amide bonds. The van der Waals surface area contributed by atoms with Crippen LogP contribution in [-0.2, 0) is 11.2 Å². The van der Waals surface area contributed by atoms with Crippen LogP contribution in [0.1, 0.15) is 35.1 Å². The number of benzene rings is 2. The average Bonchev–Trinajstić information content (AvgIpc) is 3.22. The first kappa shape index (κ1) is 24.5. The summed E-state index contributed by atoms with van der Waals surface area (Å²) in [7, 11) is 1.44. The summed E-state index contributed by atoms with van der Waals surface area (Å²) in [4.78, 5) is 0. The first-order valence-electron chi connectivity index (χ1n) is 11.1. The lowest BCUT2D eigenvalue weighted by molar-refractivity contribution is -0.242. The predicted octanol–water partition coefficient (Wildman–Crippen LogP) is 0.353. The van der Waals surface area contributed by atoms with Crippen LogP contribution in [0.25, 0.3) is 0 Å². The number of aromatic hydroxyl groups is 1. The van der Waals surface area contributed by atoms with Crippen molar-refractivity contribution in [3.8, 4) is 23.0 Å². The molecule has 2 aliphatic heterocycles. The summed E-state index contributed by atoms with van der Waals surface area (Å²) < 4.78 is 22.5. The lowest BCUT2D eigenvalue weighted by atomic mass is 9.90. The number of rotatable bonds is 8. The van der Waals surface area contributed by atoms with Crippen LogP contribution in [0.15, 0.2) is 30.3 Å². The largest absolute Gasteiger partial charge is 0.504 e. The number of aryl methyl sites for hydroxylation is 1. The van der Waals surface area contributed by atoms with Crippen molar-refractivity contribution in [2.24, 2.45) is 0 Å². The summed E-state index contributed by atoms with van der Waals surface area (Å²) in [6.45, 7) is -0.375. The molecule has 10 heteroatoms. The number of methoxy groups -OCH3 is 1. The molecule has 2 aliphatic rings. The fourth-order valence-electron chi connectivity index (χ4n) is 4.36.